The maximum Gasteiger partial charge on any atom is 0.264 e. The van der Waals surface area contributed by atoms with Crippen LogP contribution in [0.25, 0.3) is 0 Å². The lowest BCUT2D eigenvalue weighted by Crippen LogP contribution is -2.15. The van der Waals surface area contributed by atoms with E-state index in [1.807, 2.05) is 4.72 Å². The van der Waals surface area contributed by atoms with Gasteiger partial charge in [-0.3, -0.25) is 4.72 Å². The molecule has 0 aliphatic carbocycles. The number of nitrogens with one attached hydrogen (secondary N) is 1. The first-order valence-electron chi connectivity index (χ1n) is 5.70. The van der Waals surface area contributed by atoms with Crippen LogP contribution in [0.1, 0.15) is 0 Å². The maximum atomic E-state index is 13.5. The predicted octanol–water partition coefficient (Wildman–Crippen LogP) is 1.41. The zero-order valence-electron chi connectivity index (χ0n) is 10.8. The number of hydrogen-bond acceptors (Lipinski definition) is 4. The number of nitrogens with two attached hydrogens (primary N) is 1. The van der Waals surface area contributed by atoms with Crippen LogP contribution in [0.5, 0.6) is 0 Å². The molecule has 2 aromatic carbocycles. The Bertz CT molecular complexity index is 911. The van der Waals surface area contributed by atoms with Crippen LogP contribution in [-0.4, -0.2) is 16.8 Å². The summed E-state index contributed by atoms with van der Waals surface area (Å²) in [5.41, 5.74) is -0.00359. The number of halogens is 2. The van der Waals surface area contributed by atoms with Gasteiger partial charge in [-0.25, -0.2) is 30.8 Å². The van der Waals surface area contributed by atoms with E-state index in [1.165, 1.54) is 0 Å². The van der Waals surface area contributed by atoms with Crippen molar-refractivity contribution in [3.05, 3.63) is 54.1 Å². The molecule has 0 saturated carbocycles. The van der Waals surface area contributed by atoms with Gasteiger partial charge in [-0.2, -0.15) is 0 Å². The third kappa shape index (κ3) is 3.59. The normalized spacial score (nSPS) is 12.1. The van der Waals surface area contributed by atoms with Gasteiger partial charge in [0.2, 0.25) is 10.0 Å². The van der Waals surface area contributed by atoms with Crippen molar-refractivity contribution in [1.82, 2.24) is 0 Å². The van der Waals surface area contributed by atoms with Crippen LogP contribution in [-0.2, 0) is 20.0 Å². The van der Waals surface area contributed by atoms with Crippen molar-refractivity contribution >= 4 is 25.7 Å². The molecular weight excluding hydrogens is 338 g/mol. The van der Waals surface area contributed by atoms with Crippen LogP contribution in [0.2, 0.25) is 0 Å². The fourth-order valence-electron chi connectivity index (χ4n) is 1.62. The Balaban J connectivity index is 2.33. The highest BCUT2D eigenvalue weighted by Crippen LogP contribution is 2.20. The van der Waals surface area contributed by atoms with Crippen molar-refractivity contribution in [2.24, 2.45) is 5.14 Å². The molecule has 0 aromatic heterocycles. The van der Waals surface area contributed by atoms with E-state index in [9.17, 15) is 25.6 Å². The van der Waals surface area contributed by atoms with Gasteiger partial charge < -0.3 is 0 Å². The molecule has 3 N–H and O–H groups in total. The van der Waals surface area contributed by atoms with Crippen LogP contribution in [0.4, 0.5) is 14.5 Å². The average molecular weight is 348 g/mol. The minimum absolute atomic E-state index is 0.00359. The van der Waals surface area contributed by atoms with E-state index in [-0.39, 0.29) is 10.6 Å². The summed E-state index contributed by atoms with van der Waals surface area (Å²) in [6, 6.07) is 6.52. The quantitative estimate of drug-likeness (QED) is 0.871. The van der Waals surface area contributed by atoms with Crippen LogP contribution >= 0.6 is 0 Å². The summed E-state index contributed by atoms with van der Waals surface area (Å²) in [5.74, 6) is -2.15. The summed E-state index contributed by atoms with van der Waals surface area (Å²) in [6.07, 6.45) is 0. The van der Waals surface area contributed by atoms with Crippen molar-refractivity contribution < 1.29 is 25.6 Å². The van der Waals surface area contributed by atoms with E-state index in [0.29, 0.717) is 6.07 Å². The molecule has 6 nitrogen and oxygen atoms in total. The Kier molecular flexibility index (Phi) is 4.18. The average Bonchev–Trinajstić information content (AvgIpc) is 2.37. The molecule has 22 heavy (non-hydrogen) atoms. The largest absolute Gasteiger partial charge is 0.280 e. The van der Waals surface area contributed by atoms with Crippen LogP contribution in [0, 0.1) is 11.6 Å². The predicted molar refractivity (Wildman–Crippen MR) is 75.0 cm³/mol. The topological polar surface area (TPSA) is 106 Å². The molecule has 0 heterocycles. The Hall–Kier alpha value is -2.04. The molecule has 0 radical (unpaired) electrons. The number of benzene rings is 2. The van der Waals surface area contributed by atoms with E-state index in [4.69, 9.17) is 5.14 Å². The highest BCUT2D eigenvalue weighted by atomic mass is 32.2. The fourth-order valence-corrected chi connectivity index (χ4v) is 3.25. The SMILES string of the molecule is NS(=O)(=O)c1ccc(NS(=O)(=O)c2ccc(F)cc2F)cc1. The van der Waals surface area contributed by atoms with E-state index in [0.717, 1.165) is 36.4 Å². The molecule has 0 spiro atoms. The van der Waals surface area contributed by atoms with Gasteiger partial charge in [0.15, 0.2) is 0 Å². The molecule has 0 aliphatic rings. The second-order valence-electron chi connectivity index (χ2n) is 4.25. The van der Waals surface area contributed by atoms with E-state index in [2.05, 4.69) is 0 Å². The fraction of sp³-hybridized carbons (Fsp3) is 0. The number of hydrogen-bond donors (Lipinski definition) is 2. The van der Waals surface area contributed by atoms with Crippen molar-refractivity contribution in [3.63, 3.8) is 0 Å². The molecule has 2 rings (SSSR count). The Labute approximate surface area is 125 Å². The first kappa shape index (κ1) is 16.3. The summed E-state index contributed by atoms with van der Waals surface area (Å²) >= 11 is 0. The van der Waals surface area contributed by atoms with Crippen molar-refractivity contribution in [2.75, 3.05) is 4.72 Å². The smallest absolute Gasteiger partial charge is 0.264 e. The molecule has 0 fully saturated rings. The first-order chi connectivity index (χ1) is 10.1. The Morgan fingerprint density at radius 2 is 1.50 bits per heavy atom. The van der Waals surface area contributed by atoms with Gasteiger partial charge in [0, 0.05) is 11.8 Å². The molecule has 10 heteroatoms. The summed E-state index contributed by atoms with van der Waals surface area (Å²) in [4.78, 5) is -0.937. The van der Waals surface area contributed by atoms with Gasteiger partial charge in [0.05, 0.1) is 4.90 Å². The number of rotatable bonds is 4. The van der Waals surface area contributed by atoms with Gasteiger partial charge in [-0.05, 0) is 36.4 Å². The molecule has 0 unspecified atom stereocenters. The number of anilines is 1. The van der Waals surface area contributed by atoms with E-state index in [1.54, 1.807) is 0 Å². The molecule has 0 amide bonds. The molecule has 118 valence electrons. The summed E-state index contributed by atoms with van der Waals surface area (Å²) < 4.78 is 74.5. The summed E-state index contributed by atoms with van der Waals surface area (Å²) in [5, 5.41) is 4.91. The van der Waals surface area contributed by atoms with Crippen LogP contribution < -0.4 is 9.86 Å². The van der Waals surface area contributed by atoms with Crippen molar-refractivity contribution in [1.29, 1.82) is 0 Å². The highest BCUT2D eigenvalue weighted by Gasteiger charge is 2.20. The zero-order chi connectivity index (χ0) is 16.5. The molecular formula is C12H10F2N2O4S2. The second-order valence-corrected chi connectivity index (χ2v) is 7.46. The summed E-state index contributed by atoms with van der Waals surface area (Å²) in [7, 11) is -8.19. The highest BCUT2D eigenvalue weighted by molar-refractivity contribution is 7.92. The molecule has 0 bridgehead atoms. The molecule has 0 atom stereocenters. The van der Waals surface area contributed by atoms with E-state index >= 15 is 0 Å². The van der Waals surface area contributed by atoms with Gasteiger partial charge in [-0.1, -0.05) is 0 Å². The van der Waals surface area contributed by atoms with E-state index < -0.39 is 36.6 Å². The van der Waals surface area contributed by atoms with Gasteiger partial charge in [0.25, 0.3) is 10.0 Å². The Morgan fingerprint density at radius 3 is 2.00 bits per heavy atom. The lowest BCUT2D eigenvalue weighted by molar-refractivity contribution is 0.551. The van der Waals surface area contributed by atoms with Gasteiger partial charge in [-0.15, -0.1) is 0 Å². The number of sulfonamides is 2. The molecule has 0 aliphatic heterocycles. The monoisotopic (exact) mass is 348 g/mol. The lowest BCUT2D eigenvalue weighted by atomic mass is 10.3. The van der Waals surface area contributed by atoms with Crippen molar-refractivity contribution in [3.8, 4) is 0 Å². The molecule has 2 aromatic rings. The van der Waals surface area contributed by atoms with Crippen LogP contribution in [0.15, 0.2) is 52.3 Å². The van der Waals surface area contributed by atoms with Gasteiger partial charge in [0.1, 0.15) is 16.5 Å². The zero-order valence-corrected chi connectivity index (χ0v) is 12.5. The van der Waals surface area contributed by atoms with Crippen LogP contribution in [0.3, 0.4) is 0 Å². The number of primary sulfonamides is 1. The standard InChI is InChI=1S/C12H10F2N2O4S2/c13-8-1-6-12(11(14)7-8)22(19,20)16-9-2-4-10(5-3-9)21(15,17)18/h1-7,16H,(H2,15,17,18). The summed E-state index contributed by atoms with van der Waals surface area (Å²) in [6.45, 7) is 0. The third-order valence-electron chi connectivity index (χ3n) is 2.62. The van der Waals surface area contributed by atoms with Crippen molar-refractivity contribution in [2.45, 2.75) is 9.79 Å². The Morgan fingerprint density at radius 1 is 0.909 bits per heavy atom. The lowest BCUT2D eigenvalue weighted by Gasteiger charge is -2.09. The molecule has 0 saturated heterocycles. The van der Waals surface area contributed by atoms with Gasteiger partial charge >= 0.3 is 0 Å². The second kappa shape index (κ2) is 5.63. The first-order valence-corrected chi connectivity index (χ1v) is 8.73. The minimum atomic E-state index is -4.28. The maximum absolute atomic E-state index is 13.5. The third-order valence-corrected chi connectivity index (χ3v) is 4.96. The minimum Gasteiger partial charge on any atom is -0.280 e.